The Morgan fingerprint density at radius 2 is 1.94 bits per heavy atom. The second-order valence-corrected chi connectivity index (χ2v) is 9.83. The van der Waals surface area contributed by atoms with E-state index in [4.69, 9.17) is 9.47 Å². The summed E-state index contributed by atoms with van der Waals surface area (Å²) < 4.78 is 51.9. The molecule has 1 N–H and O–H groups in total. The smallest absolute Gasteiger partial charge is 0.243 e. The first kappa shape index (κ1) is 25.1. The van der Waals surface area contributed by atoms with Crippen LogP contribution in [0.4, 0.5) is 10.1 Å². The molecule has 0 spiro atoms. The fraction of sp³-hybridized carbons (Fsp3) is 0.435. The maximum atomic E-state index is 13.7. The summed E-state index contributed by atoms with van der Waals surface area (Å²) in [6, 6.07) is 10.5. The molecule has 0 aromatic heterocycles. The zero-order valence-electron chi connectivity index (χ0n) is 19.1. The molecule has 1 unspecified atom stereocenters. The van der Waals surface area contributed by atoms with Gasteiger partial charge in [0.25, 0.3) is 0 Å². The molecular formula is C23H30FN3O5S. The summed E-state index contributed by atoms with van der Waals surface area (Å²) in [5.41, 5.74) is 1.01. The number of likely N-dealkylation sites (N-methyl/N-ethyl adjacent to an activating group) is 1. The summed E-state index contributed by atoms with van der Waals surface area (Å²) in [5, 5.41) is 2.79. The number of hydrogen-bond acceptors (Lipinski definition) is 6. The highest BCUT2D eigenvalue weighted by molar-refractivity contribution is 7.89. The number of ether oxygens (including phenoxy) is 2. The Morgan fingerprint density at radius 1 is 1.24 bits per heavy atom. The number of carbonyl (C=O) groups excluding carboxylic acids is 1. The van der Waals surface area contributed by atoms with E-state index in [0.717, 1.165) is 0 Å². The summed E-state index contributed by atoms with van der Waals surface area (Å²) in [6.07, 6.45) is 0. The molecule has 1 heterocycles. The van der Waals surface area contributed by atoms with Crippen LogP contribution in [0.1, 0.15) is 12.5 Å². The van der Waals surface area contributed by atoms with E-state index in [9.17, 15) is 17.6 Å². The molecule has 1 saturated heterocycles. The highest BCUT2D eigenvalue weighted by Gasteiger charge is 2.28. The van der Waals surface area contributed by atoms with E-state index in [-0.39, 0.29) is 23.2 Å². The molecule has 1 aliphatic heterocycles. The fourth-order valence-electron chi connectivity index (χ4n) is 3.38. The minimum absolute atomic E-state index is 0.164. The van der Waals surface area contributed by atoms with E-state index in [1.165, 1.54) is 16.4 Å². The average molecular weight is 480 g/mol. The molecule has 2 aromatic rings. The van der Waals surface area contributed by atoms with Crippen molar-refractivity contribution in [2.45, 2.75) is 24.8 Å². The minimum Gasteiger partial charge on any atom is -0.489 e. The standard InChI is InChI=1S/C23H30FN3O5S/c1-17-8-9-19(16-22(17)33(29,30)27-11-13-31-14-12-27)25-23(28)18(2)26(3)10-15-32-21-7-5-4-6-20(21)24/h4-9,16,18H,10-15H2,1-3H3,(H,25,28). The van der Waals surface area contributed by atoms with Gasteiger partial charge in [-0.05, 0) is 50.7 Å². The molecule has 180 valence electrons. The summed E-state index contributed by atoms with van der Waals surface area (Å²) in [5.74, 6) is -0.563. The van der Waals surface area contributed by atoms with Gasteiger partial charge in [0.1, 0.15) is 6.61 Å². The van der Waals surface area contributed by atoms with E-state index < -0.39 is 21.9 Å². The molecule has 0 bridgehead atoms. The number of nitrogens with zero attached hydrogens (tertiary/aromatic N) is 2. The number of aryl methyl sites for hydroxylation is 1. The molecule has 3 rings (SSSR count). The largest absolute Gasteiger partial charge is 0.489 e. The Morgan fingerprint density at radius 3 is 2.64 bits per heavy atom. The molecular weight excluding hydrogens is 449 g/mol. The Hall–Kier alpha value is -2.53. The molecule has 10 heteroatoms. The van der Waals surface area contributed by atoms with E-state index in [2.05, 4.69) is 5.32 Å². The van der Waals surface area contributed by atoms with Gasteiger partial charge >= 0.3 is 0 Å². The first-order chi connectivity index (χ1) is 15.7. The van der Waals surface area contributed by atoms with E-state index in [1.54, 1.807) is 56.1 Å². The Bertz CT molecular complexity index is 1070. The van der Waals surface area contributed by atoms with Gasteiger partial charge in [0.2, 0.25) is 15.9 Å². The van der Waals surface area contributed by atoms with Crippen molar-refractivity contribution in [3.05, 3.63) is 53.8 Å². The van der Waals surface area contributed by atoms with Crippen LogP contribution in [0.2, 0.25) is 0 Å². The first-order valence-corrected chi connectivity index (χ1v) is 12.2. The van der Waals surface area contributed by atoms with Gasteiger partial charge in [-0.3, -0.25) is 9.69 Å². The number of rotatable bonds is 9. The molecule has 33 heavy (non-hydrogen) atoms. The molecule has 0 saturated carbocycles. The maximum Gasteiger partial charge on any atom is 0.243 e. The van der Waals surface area contributed by atoms with Gasteiger partial charge in [0.15, 0.2) is 11.6 Å². The van der Waals surface area contributed by atoms with Crippen LogP contribution < -0.4 is 10.1 Å². The topological polar surface area (TPSA) is 88.2 Å². The van der Waals surface area contributed by atoms with Crippen LogP contribution >= 0.6 is 0 Å². The van der Waals surface area contributed by atoms with Crippen LogP contribution in [0.25, 0.3) is 0 Å². The highest BCUT2D eigenvalue weighted by atomic mass is 32.2. The van der Waals surface area contributed by atoms with Gasteiger partial charge in [-0.1, -0.05) is 18.2 Å². The lowest BCUT2D eigenvalue weighted by atomic mass is 10.2. The summed E-state index contributed by atoms with van der Waals surface area (Å²) >= 11 is 0. The summed E-state index contributed by atoms with van der Waals surface area (Å²) in [7, 11) is -1.92. The number of anilines is 1. The number of carbonyl (C=O) groups is 1. The zero-order valence-corrected chi connectivity index (χ0v) is 19.9. The van der Waals surface area contributed by atoms with Crippen molar-refractivity contribution in [3.8, 4) is 5.75 Å². The predicted molar refractivity (Wildman–Crippen MR) is 123 cm³/mol. The Labute approximate surface area is 194 Å². The van der Waals surface area contributed by atoms with Crippen LogP contribution in [0.15, 0.2) is 47.4 Å². The second kappa shape index (κ2) is 11.1. The normalized spacial score (nSPS) is 15.9. The lowest BCUT2D eigenvalue weighted by Gasteiger charge is -2.27. The molecule has 2 aromatic carbocycles. The van der Waals surface area contributed by atoms with Gasteiger partial charge in [-0.25, -0.2) is 12.8 Å². The number of sulfonamides is 1. The van der Waals surface area contributed by atoms with Crippen LogP contribution in [0.3, 0.4) is 0 Å². The summed E-state index contributed by atoms with van der Waals surface area (Å²) in [6.45, 7) is 5.39. The molecule has 1 atom stereocenters. The molecule has 1 fully saturated rings. The quantitative estimate of drug-likeness (QED) is 0.595. The highest BCUT2D eigenvalue weighted by Crippen LogP contribution is 2.24. The van der Waals surface area contributed by atoms with Crippen molar-refractivity contribution in [1.82, 2.24) is 9.21 Å². The Kier molecular flexibility index (Phi) is 8.41. The summed E-state index contributed by atoms with van der Waals surface area (Å²) in [4.78, 5) is 14.7. The third-order valence-corrected chi connectivity index (χ3v) is 7.66. The van der Waals surface area contributed by atoms with Crippen LogP contribution in [-0.4, -0.2) is 76.1 Å². The van der Waals surface area contributed by atoms with Gasteiger partial charge in [-0.2, -0.15) is 4.31 Å². The van der Waals surface area contributed by atoms with Crippen molar-refractivity contribution in [2.24, 2.45) is 0 Å². The van der Waals surface area contributed by atoms with E-state index in [0.29, 0.717) is 44.1 Å². The van der Waals surface area contributed by atoms with Crippen molar-refractivity contribution >= 4 is 21.6 Å². The van der Waals surface area contributed by atoms with Crippen molar-refractivity contribution in [2.75, 3.05) is 51.8 Å². The SMILES string of the molecule is Cc1ccc(NC(=O)C(C)N(C)CCOc2ccccc2F)cc1S(=O)(=O)N1CCOCC1. The monoisotopic (exact) mass is 479 g/mol. The zero-order chi connectivity index (χ0) is 24.0. The van der Waals surface area contributed by atoms with E-state index in [1.807, 2.05) is 0 Å². The predicted octanol–water partition coefficient (Wildman–Crippen LogP) is 2.49. The minimum atomic E-state index is -3.69. The lowest BCUT2D eigenvalue weighted by molar-refractivity contribution is -0.120. The third-order valence-electron chi connectivity index (χ3n) is 5.62. The fourth-order valence-corrected chi connectivity index (χ4v) is 5.04. The van der Waals surface area contributed by atoms with Crippen LogP contribution in [-0.2, 0) is 19.6 Å². The van der Waals surface area contributed by atoms with Crippen molar-refractivity contribution in [1.29, 1.82) is 0 Å². The first-order valence-electron chi connectivity index (χ1n) is 10.8. The number of benzene rings is 2. The molecule has 0 radical (unpaired) electrons. The van der Waals surface area contributed by atoms with Crippen LogP contribution in [0.5, 0.6) is 5.75 Å². The maximum absolute atomic E-state index is 13.7. The van der Waals surface area contributed by atoms with Gasteiger partial charge in [-0.15, -0.1) is 0 Å². The van der Waals surface area contributed by atoms with Gasteiger partial charge in [0, 0.05) is 25.3 Å². The number of hydrogen-bond donors (Lipinski definition) is 1. The molecule has 1 aliphatic rings. The third kappa shape index (κ3) is 6.29. The number of para-hydroxylation sites is 1. The molecule has 1 amide bonds. The van der Waals surface area contributed by atoms with E-state index >= 15 is 0 Å². The van der Waals surface area contributed by atoms with Crippen molar-refractivity contribution in [3.63, 3.8) is 0 Å². The number of halogens is 1. The number of morpholine rings is 1. The van der Waals surface area contributed by atoms with Gasteiger partial charge in [0.05, 0.1) is 24.2 Å². The van der Waals surface area contributed by atoms with Gasteiger partial charge < -0.3 is 14.8 Å². The molecule has 0 aliphatic carbocycles. The van der Waals surface area contributed by atoms with Crippen molar-refractivity contribution < 1.29 is 27.1 Å². The lowest BCUT2D eigenvalue weighted by Crippen LogP contribution is -2.41. The number of nitrogens with one attached hydrogen (secondary N) is 1. The number of amides is 1. The second-order valence-electron chi connectivity index (χ2n) is 7.92. The van der Waals surface area contributed by atoms with Crippen LogP contribution in [0, 0.1) is 12.7 Å². The Balaban J connectivity index is 1.61. The average Bonchev–Trinajstić information content (AvgIpc) is 2.81. The molecule has 8 nitrogen and oxygen atoms in total.